The molecule has 1 aliphatic rings. The zero-order valence-electron chi connectivity index (χ0n) is 17.4. The van der Waals surface area contributed by atoms with Gasteiger partial charge < -0.3 is 25.4 Å². The summed E-state index contributed by atoms with van der Waals surface area (Å²) in [6.45, 7) is 0.936. The molecule has 4 atom stereocenters. The molecule has 1 aliphatic heterocycles. The molecule has 1 saturated heterocycles. The van der Waals surface area contributed by atoms with Crippen LogP contribution < -0.4 is 5.73 Å². The number of nitrogen functional groups attached to an aromatic ring is 1. The molecule has 1 fully saturated rings. The van der Waals surface area contributed by atoms with Crippen molar-refractivity contribution in [3.63, 3.8) is 0 Å². The zero-order valence-corrected chi connectivity index (χ0v) is 17.4. The Bertz CT molecular complexity index is 1050. The van der Waals surface area contributed by atoms with Crippen LogP contribution in [0.1, 0.15) is 45.3 Å². The molecule has 2 aromatic rings. The Hall–Kier alpha value is -3.30. The molecule has 0 aliphatic carbocycles. The molecular formula is C20H24FN5O6. The highest BCUT2D eigenvalue weighted by Gasteiger charge is 2.65. The Labute approximate surface area is 182 Å². The Kier molecular flexibility index (Phi) is 6.61. The van der Waals surface area contributed by atoms with E-state index in [0.29, 0.717) is 6.42 Å². The second-order valence-electron chi connectivity index (χ2n) is 7.56. The molecule has 0 radical (unpaired) electrons. The van der Waals surface area contributed by atoms with E-state index in [1.54, 1.807) is 6.92 Å². The third kappa shape index (κ3) is 4.21. The number of hydrogen-bond acceptors (Lipinski definition) is 9. The topological polar surface area (TPSA) is 163 Å². The first-order chi connectivity index (χ1) is 15.2. The zero-order chi connectivity index (χ0) is 23.5. The molecular weight excluding hydrogens is 425 g/mol. The number of rotatable bonds is 9. The van der Waals surface area contributed by atoms with Gasteiger partial charge in [-0.25, -0.2) is 19.3 Å². The fourth-order valence-corrected chi connectivity index (χ4v) is 3.82. The van der Waals surface area contributed by atoms with Crippen LogP contribution in [0.25, 0.3) is 11.2 Å². The Morgan fingerprint density at radius 1 is 1.41 bits per heavy atom. The molecule has 32 heavy (non-hydrogen) atoms. The highest BCUT2D eigenvalue weighted by Crippen LogP contribution is 2.52. The second kappa shape index (κ2) is 9.05. The molecule has 172 valence electrons. The molecule has 2 aromatic heterocycles. The number of hydrogen-bond donors (Lipinski definition) is 3. The first kappa shape index (κ1) is 23.4. The van der Waals surface area contributed by atoms with E-state index >= 15 is 4.39 Å². The standard InChI is InChI=1S/C20H24FN5O6/c1-3-6-14(29)31-9-20(21)12(7-5-8-13(27)28)19(30,4-2)18(32-20)26-11-25-15-16(22)23-10-24-17(15)26/h2,10-12,18,30H,3,5-9H2,1H3,(H,27,28)(H2,22,23,24)/t12-,18+,19-,20-/m0/s1. The Balaban J connectivity index is 2.00. The smallest absolute Gasteiger partial charge is 0.305 e. The number of nitrogens with zero attached hydrogens (tertiary/aromatic N) is 4. The van der Waals surface area contributed by atoms with Gasteiger partial charge in [-0.1, -0.05) is 12.8 Å². The van der Waals surface area contributed by atoms with E-state index in [1.165, 1.54) is 17.2 Å². The molecule has 0 unspecified atom stereocenters. The summed E-state index contributed by atoms with van der Waals surface area (Å²) in [6, 6.07) is 0. The van der Waals surface area contributed by atoms with E-state index in [-0.39, 0.29) is 42.7 Å². The molecule has 11 nitrogen and oxygen atoms in total. The number of fused-ring (bicyclic) bond motifs is 1. The normalized spacial score (nSPS) is 27.3. The number of anilines is 1. The van der Waals surface area contributed by atoms with Gasteiger partial charge in [0.15, 0.2) is 29.9 Å². The van der Waals surface area contributed by atoms with Crippen molar-refractivity contribution in [2.24, 2.45) is 5.92 Å². The number of carbonyl (C=O) groups excluding carboxylic acids is 1. The summed E-state index contributed by atoms with van der Waals surface area (Å²) < 4.78 is 28.0. The number of carboxylic acid groups (broad SMARTS) is 1. The van der Waals surface area contributed by atoms with E-state index in [9.17, 15) is 14.7 Å². The van der Waals surface area contributed by atoms with Gasteiger partial charge in [-0.2, -0.15) is 0 Å². The van der Waals surface area contributed by atoms with Gasteiger partial charge in [-0.15, -0.1) is 6.42 Å². The van der Waals surface area contributed by atoms with Crippen molar-refractivity contribution >= 4 is 28.9 Å². The van der Waals surface area contributed by atoms with Crippen LogP contribution in [0.2, 0.25) is 0 Å². The van der Waals surface area contributed by atoms with Crippen LogP contribution in [0.15, 0.2) is 12.7 Å². The van der Waals surface area contributed by atoms with E-state index in [0.717, 1.165) is 0 Å². The van der Waals surface area contributed by atoms with Crippen molar-refractivity contribution in [2.75, 3.05) is 12.3 Å². The highest BCUT2D eigenvalue weighted by molar-refractivity contribution is 5.81. The number of ether oxygens (including phenoxy) is 2. The third-order valence-corrected chi connectivity index (χ3v) is 5.37. The number of esters is 1. The van der Waals surface area contributed by atoms with E-state index in [4.69, 9.17) is 26.7 Å². The largest absolute Gasteiger partial charge is 0.481 e. The molecule has 4 N–H and O–H groups in total. The first-order valence-electron chi connectivity index (χ1n) is 10.0. The molecule has 0 aromatic carbocycles. The lowest BCUT2D eigenvalue weighted by Gasteiger charge is -2.30. The van der Waals surface area contributed by atoms with Crippen molar-refractivity contribution in [1.29, 1.82) is 0 Å². The number of imidazole rings is 1. The fraction of sp³-hybridized carbons (Fsp3) is 0.550. The number of carbonyl (C=O) groups is 2. The maximum Gasteiger partial charge on any atom is 0.305 e. The SMILES string of the molecule is C#C[C@@]1(O)[C@H](n2cnc3c(N)ncnc32)O[C@@](F)(COC(=O)CCC)[C@H]1CCCC(=O)O. The van der Waals surface area contributed by atoms with Crippen molar-refractivity contribution in [3.8, 4) is 12.3 Å². The van der Waals surface area contributed by atoms with E-state index < -0.39 is 42.1 Å². The molecule has 3 heterocycles. The molecule has 0 spiro atoms. The van der Waals surface area contributed by atoms with Crippen LogP contribution >= 0.6 is 0 Å². The predicted octanol–water partition coefficient (Wildman–Crippen LogP) is 1.18. The van der Waals surface area contributed by atoms with Gasteiger partial charge in [0.05, 0.1) is 12.2 Å². The van der Waals surface area contributed by atoms with Crippen LogP contribution in [0.5, 0.6) is 0 Å². The van der Waals surface area contributed by atoms with Gasteiger partial charge in [-0.3, -0.25) is 14.2 Å². The molecule has 0 bridgehead atoms. The van der Waals surface area contributed by atoms with Crippen LogP contribution in [-0.2, 0) is 19.1 Å². The number of nitrogens with two attached hydrogens (primary N) is 1. The average Bonchev–Trinajstić information content (AvgIpc) is 3.26. The minimum absolute atomic E-state index is 0.00837. The Morgan fingerprint density at radius 2 is 2.16 bits per heavy atom. The molecule has 0 saturated carbocycles. The number of halogens is 1. The van der Waals surface area contributed by atoms with Gasteiger partial charge in [0, 0.05) is 12.8 Å². The van der Waals surface area contributed by atoms with Crippen LogP contribution in [0.4, 0.5) is 10.2 Å². The quantitative estimate of drug-likeness (QED) is 0.374. The molecule has 3 rings (SSSR count). The summed E-state index contributed by atoms with van der Waals surface area (Å²) in [5.74, 6) is -3.57. The first-order valence-corrected chi connectivity index (χ1v) is 10.0. The predicted molar refractivity (Wildman–Crippen MR) is 108 cm³/mol. The maximum atomic E-state index is 16.1. The number of terminal acetylenes is 1. The lowest BCUT2D eigenvalue weighted by atomic mass is 9.80. The van der Waals surface area contributed by atoms with Crippen LogP contribution in [0.3, 0.4) is 0 Å². The summed E-state index contributed by atoms with van der Waals surface area (Å²) >= 11 is 0. The lowest BCUT2D eigenvalue weighted by Crippen LogP contribution is -2.45. The average molecular weight is 449 g/mol. The molecule has 12 heteroatoms. The van der Waals surface area contributed by atoms with E-state index in [2.05, 4.69) is 20.9 Å². The number of aliphatic hydroxyl groups is 1. The van der Waals surface area contributed by atoms with Crippen molar-refractivity contribution in [3.05, 3.63) is 12.7 Å². The van der Waals surface area contributed by atoms with Crippen molar-refractivity contribution in [2.45, 2.75) is 56.7 Å². The van der Waals surface area contributed by atoms with Gasteiger partial charge in [0.2, 0.25) is 0 Å². The second-order valence-corrected chi connectivity index (χ2v) is 7.56. The minimum Gasteiger partial charge on any atom is -0.481 e. The van der Waals surface area contributed by atoms with Gasteiger partial charge in [0.1, 0.15) is 11.8 Å². The number of carboxylic acids is 1. The summed E-state index contributed by atoms with van der Waals surface area (Å²) in [4.78, 5) is 34.8. The van der Waals surface area contributed by atoms with Crippen molar-refractivity contribution in [1.82, 2.24) is 19.5 Å². The van der Waals surface area contributed by atoms with Gasteiger partial charge in [-0.05, 0) is 19.3 Å². The summed E-state index contributed by atoms with van der Waals surface area (Å²) in [7, 11) is 0. The summed E-state index contributed by atoms with van der Waals surface area (Å²) in [5.41, 5.74) is 3.90. The van der Waals surface area contributed by atoms with E-state index in [1.807, 2.05) is 0 Å². The summed E-state index contributed by atoms with van der Waals surface area (Å²) in [5, 5.41) is 20.3. The van der Waals surface area contributed by atoms with Crippen LogP contribution in [-0.4, -0.2) is 59.7 Å². The number of aromatic nitrogens is 4. The monoisotopic (exact) mass is 449 g/mol. The fourth-order valence-electron chi connectivity index (χ4n) is 3.82. The Morgan fingerprint density at radius 3 is 2.81 bits per heavy atom. The summed E-state index contributed by atoms with van der Waals surface area (Å²) in [6.07, 6.45) is 6.68. The van der Waals surface area contributed by atoms with Gasteiger partial charge >= 0.3 is 11.9 Å². The maximum absolute atomic E-state index is 16.1. The number of aliphatic carboxylic acids is 1. The third-order valence-electron chi connectivity index (χ3n) is 5.37. The van der Waals surface area contributed by atoms with Gasteiger partial charge in [0.25, 0.3) is 5.85 Å². The van der Waals surface area contributed by atoms with Crippen LogP contribution in [0, 0.1) is 18.3 Å². The number of alkyl halides is 1. The lowest BCUT2D eigenvalue weighted by molar-refractivity contribution is -0.206. The molecule has 0 amide bonds. The minimum atomic E-state index is -2.69. The van der Waals surface area contributed by atoms with Crippen molar-refractivity contribution < 1.29 is 33.7 Å². The highest BCUT2D eigenvalue weighted by atomic mass is 19.2.